The monoisotopic (exact) mass is 385 g/mol. The fourth-order valence-corrected chi connectivity index (χ4v) is 3.49. The number of benzene rings is 2. The van der Waals surface area contributed by atoms with E-state index in [1.165, 1.54) is 5.56 Å². The zero-order chi connectivity index (χ0) is 19.2. The summed E-state index contributed by atoms with van der Waals surface area (Å²) in [5.41, 5.74) is 1.17. The molecule has 6 nitrogen and oxygen atoms in total. The van der Waals surface area contributed by atoms with E-state index in [1.807, 2.05) is 61.0 Å². The molecule has 1 unspecified atom stereocenters. The van der Waals surface area contributed by atoms with Crippen LogP contribution in [-0.2, 0) is 12.8 Å². The number of nitrogens with zero attached hydrogens (tertiary/aromatic N) is 3. The molecule has 0 aliphatic carbocycles. The standard InChI is InChI=1S/C20H23N3O3S/c1-14(26-17-10-8-16(24-3)9-11-17)19-21-22-20(23(19)2)27-13-15-6-5-7-18(12-15)25-4/h5-12,14H,13H2,1-4H3. The summed E-state index contributed by atoms with van der Waals surface area (Å²) >= 11 is 1.63. The molecule has 0 saturated heterocycles. The lowest BCUT2D eigenvalue weighted by atomic mass is 10.2. The Morgan fingerprint density at radius 2 is 1.67 bits per heavy atom. The molecule has 7 heteroatoms. The molecule has 0 spiro atoms. The van der Waals surface area contributed by atoms with Crippen molar-refractivity contribution in [3.8, 4) is 17.2 Å². The Labute approximate surface area is 163 Å². The van der Waals surface area contributed by atoms with Crippen LogP contribution in [0.5, 0.6) is 17.2 Å². The minimum absolute atomic E-state index is 0.220. The third kappa shape index (κ3) is 4.74. The van der Waals surface area contributed by atoms with E-state index in [1.54, 1.807) is 26.0 Å². The first-order chi connectivity index (χ1) is 13.1. The van der Waals surface area contributed by atoms with Gasteiger partial charge in [0.2, 0.25) is 0 Å². The van der Waals surface area contributed by atoms with E-state index in [0.29, 0.717) is 0 Å². The second-order valence-electron chi connectivity index (χ2n) is 5.98. The first-order valence-electron chi connectivity index (χ1n) is 8.56. The van der Waals surface area contributed by atoms with Gasteiger partial charge in [0.05, 0.1) is 14.2 Å². The van der Waals surface area contributed by atoms with Crippen LogP contribution in [0.2, 0.25) is 0 Å². The van der Waals surface area contributed by atoms with Crippen LogP contribution >= 0.6 is 11.8 Å². The zero-order valence-corrected chi connectivity index (χ0v) is 16.7. The maximum Gasteiger partial charge on any atom is 0.191 e. The lowest BCUT2D eigenvalue weighted by molar-refractivity contribution is 0.211. The van der Waals surface area contributed by atoms with Crippen molar-refractivity contribution in [2.75, 3.05) is 14.2 Å². The Morgan fingerprint density at radius 3 is 2.37 bits per heavy atom. The minimum atomic E-state index is -0.220. The summed E-state index contributed by atoms with van der Waals surface area (Å²) < 4.78 is 18.4. The molecule has 0 aliphatic heterocycles. The highest BCUT2D eigenvalue weighted by Crippen LogP contribution is 2.27. The van der Waals surface area contributed by atoms with E-state index < -0.39 is 0 Å². The molecule has 27 heavy (non-hydrogen) atoms. The van der Waals surface area contributed by atoms with Gasteiger partial charge in [-0.1, -0.05) is 23.9 Å². The maximum atomic E-state index is 5.98. The van der Waals surface area contributed by atoms with Gasteiger partial charge in [0.1, 0.15) is 17.2 Å². The summed E-state index contributed by atoms with van der Waals surface area (Å²) in [6, 6.07) is 15.5. The highest BCUT2D eigenvalue weighted by atomic mass is 32.2. The molecule has 0 fully saturated rings. The molecule has 2 aromatic carbocycles. The Bertz CT molecular complexity index is 880. The molecule has 0 aliphatic rings. The molecule has 142 valence electrons. The highest BCUT2D eigenvalue weighted by Gasteiger charge is 2.17. The first kappa shape index (κ1) is 19.1. The van der Waals surface area contributed by atoms with E-state index in [-0.39, 0.29) is 6.10 Å². The van der Waals surface area contributed by atoms with Crippen LogP contribution in [0.15, 0.2) is 53.7 Å². The SMILES string of the molecule is COc1ccc(OC(C)c2nnc(SCc3cccc(OC)c3)n2C)cc1. The number of methoxy groups -OCH3 is 2. The fourth-order valence-electron chi connectivity index (χ4n) is 2.63. The summed E-state index contributed by atoms with van der Waals surface area (Å²) in [6.45, 7) is 1.96. The number of thioether (sulfide) groups is 1. The molecule has 0 saturated carbocycles. The van der Waals surface area contributed by atoms with E-state index in [4.69, 9.17) is 14.2 Å². The van der Waals surface area contributed by atoms with Crippen molar-refractivity contribution in [2.24, 2.45) is 7.05 Å². The van der Waals surface area contributed by atoms with Gasteiger partial charge in [0.25, 0.3) is 0 Å². The predicted molar refractivity (Wildman–Crippen MR) is 106 cm³/mol. The average Bonchev–Trinajstić information content (AvgIpc) is 3.07. The Hall–Kier alpha value is -2.67. The Morgan fingerprint density at radius 1 is 0.963 bits per heavy atom. The van der Waals surface area contributed by atoms with Crippen LogP contribution in [0.1, 0.15) is 24.4 Å². The van der Waals surface area contributed by atoms with Crippen molar-refractivity contribution in [1.82, 2.24) is 14.8 Å². The second kappa shape index (κ2) is 8.81. The quantitative estimate of drug-likeness (QED) is 0.540. The summed E-state index contributed by atoms with van der Waals surface area (Å²) in [6.07, 6.45) is -0.220. The van der Waals surface area contributed by atoms with Gasteiger partial charge < -0.3 is 18.8 Å². The van der Waals surface area contributed by atoms with Crippen molar-refractivity contribution >= 4 is 11.8 Å². The van der Waals surface area contributed by atoms with Crippen molar-refractivity contribution in [2.45, 2.75) is 23.9 Å². The smallest absolute Gasteiger partial charge is 0.191 e. The van der Waals surface area contributed by atoms with Gasteiger partial charge >= 0.3 is 0 Å². The average molecular weight is 385 g/mol. The largest absolute Gasteiger partial charge is 0.497 e. The molecule has 1 aromatic heterocycles. The van der Waals surface area contributed by atoms with Crippen LogP contribution in [0, 0.1) is 0 Å². The number of hydrogen-bond acceptors (Lipinski definition) is 6. The van der Waals surface area contributed by atoms with E-state index in [2.05, 4.69) is 16.3 Å². The van der Waals surface area contributed by atoms with Crippen LogP contribution < -0.4 is 14.2 Å². The first-order valence-corrected chi connectivity index (χ1v) is 9.55. The normalized spacial score (nSPS) is 11.9. The number of rotatable bonds is 8. The molecule has 0 radical (unpaired) electrons. The zero-order valence-electron chi connectivity index (χ0n) is 15.9. The van der Waals surface area contributed by atoms with Gasteiger partial charge in [-0.3, -0.25) is 0 Å². The summed E-state index contributed by atoms with van der Waals surface area (Å²) in [7, 11) is 5.27. The van der Waals surface area contributed by atoms with Gasteiger partial charge in [-0.2, -0.15) is 0 Å². The van der Waals surface area contributed by atoms with E-state index >= 15 is 0 Å². The highest BCUT2D eigenvalue weighted by molar-refractivity contribution is 7.98. The Balaban J connectivity index is 1.64. The number of aromatic nitrogens is 3. The topological polar surface area (TPSA) is 58.4 Å². The molecule has 0 amide bonds. The van der Waals surface area contributed by atoms with Gasteiger partial charge in [0, 0.05) is 12.8 Å². The summed E-state index contributed by atoms with van der Waals surface area (Å²) in [4.78, 5) is 0. The van der Waals surface area contributed by atoms with Crippen LogP contribution in [0.25, 0.3) is 0 Å². The molecule has 3 rings (SSSR count). The van der Waals surface area contributed by atoms with Crippen molar-refractivity contribution in [1.29, 1.82) is 0 Å². The second-order valence-corrected chi connectivity index (χ2v) is 6.92. The van der Waals surface area contributed by atoms with Gasteiger partial charge in [-0.25, -0.2) is 0 Å². The maximum absolute atomic E-state index is 5.98. The van der Waals surface area contributed by atoms with Gasteiger partial charge in [0.15, 0.2) is 17.1 Å². The number of ether oxygens (including phenoxy) is 3. The van der Waals surface area contributed by atoms with Crippen molar-refractivity contribution in [3.05, 3.63) is 59.9 Å². The molecular weight excluding hydrogens is 362 g/mol. The minimum Gasteiger partial charge on any atom is -0.497 e. The predicted octanol–water partition coefficient (Wildman–Crippen LogP) is 4.26. The van der Waals surface area contributed by atoms with Gasteiger partial charge in [-0.15, -0.1) is 10.2 Å². The molecule has 1 heterocycles. The molecular formula is C20H23N3O3S. The summed E-state index contributed by atoms with van der Waals surface area (Å²) in [5.74, 6) is 3.98. The third-order valence-electron chi connectivity index (χ3n) is 4.11. The Kier molecular flexibility index (Phi) is 6.24. The van der Waals surface area contributed by atoms with Crippen molar-refractivity contribution < 1.29 is 14.2 Å². The third-order valence-corrected chi connectivity index (χ3v) is 5.20. The lowest BCUT2D eigenvalue weighted by Gasteiger charge is -2.14. The van der Waals surface area contributed by atoms with Crippen LogP contribution in [0.3, 0.4) is 0 Å². The van der Waals surface area contributed by atoms with E-state index in [9.17, 15) is 0 Å². The van der Waals surface area contributed by atoms with Crippen molar-refractivity contribution in [3.63, 3.8) is 0 Å². The number of hydrogen-bond donors (Lipinski definition) is 0. The molecule has 0 N–H and O–H groups in total. The van der Waals surface area contributed by atoms with Gasteiger partial charge in [-0.05, 0) is 48.9 Å². The molecule has 1 atom stereocenters. The fraction of sp³-hybridized carbons (Fsp3) is 0.300. The molecule has 0 bridgehead atoms. The van der Waals surface area contributed by atoms with E-state index in [0.717, 1.165) is 34.0 Å². The van der Waals surface area contributed by atoms with Crippen LogP contribution in [-0.4, -0.2) is 29.0 Å². The lowest BCUT2D eigenvalue weighted by Crippen LogP contribution is -2.10. The van der Waals surface area contributed by atoms with Crippen LogP contribution in [0.4, 0.5) is 0 Å². The summed E-state index contributed by atoms with van der Waals surface area (Å²) in [5, 5.41) is 9.46. The molecule has 3 aromatic rings.